The number of sulfonamides is 1. The quantitative estimate of drug-likeness (QED) is 0.720. The van der Waals surface area contributed by atoms with E-state index >= 15 is 0 Å². The third kappa shape index (κ3) is 6.25. The first-order chi connectivity index (χ1) is 12.7. The van der Waals surface area contributed by atoms with Gasteiger partial charge in [-0.2, -0.15) is 0 Å². The number of ether oxygens (including phenoxy) is 1. The van der Waals surface area contributed by atoms with Gasteiger partial charge in [0.2, 0.25) is 0 Å². The first kappa shape index (κ1) is 20.7. The number of amides is 1. The van der Waals surface area contributed by atoms with E-state index in [0.29, 0.717) is 18.2 Å². The largest absolute Gasteiger partial charge is 0.481 e. The molecule has 6 nitrogen and oxygen atoms in total. The maximum absolute atomic E-state index is 12.9. The molecule has 0 saturated carbocycles. The molecular weight excluding hydrogens is 371 g/mol. The molecule has 0 unspecified atom stereocenters. The lowest BCUT2D eigenvalue weighted by Crippen LogP contribution is -2.38. The van der Waals surface area contributed by atoms with Crippen LogP contribution >= 0.6 is 0 Å². The molecule has 0 saturated heterocycles. The van der Waals surface area contributed by atoms with E-state index in [-0.39, 0.29) is 16.5 Å². The van der Waals surface area contributed by atoms with Gasteiger partial charge in [-0.1, -0.05) is 13.8 Å². The molecule has 27 heavy (non-hydrogen) atoms. The zero-order valence-corrected chi connectivity index (χ0v) is 16.2. The molecule has 0 fully saturated rings. The summed E-state index contributed by atoms with van der Waals surface area (Å²) in [5.41, 5.74) is 0.257. The van der Waals surface area contributed by atoms with Crippen molar-refractivity contribution in [3.05, 3.63) is 54.3 Å². The first-order valence-corrected chi connectivity index (χ1v) is 9.98. The molecule has 0 heterocycles. The van der Waals surface area contributed by atoms with Crippen molar-refractivity contribution in [3.8, 4) is 5.75 Å². The zero-order chi connectivity index (χ0) is 20.0. The van der Waals surface area contributed by atoms with Crippen molar-refractivity contribution in [1.29, 1.82) is 0 Å². The summed E-state index contributed by atoms with van der Waals surface area (Å²) in [6, 6.07) is 10.7. The van der Waals surface area contributed by atoms with Crippen molar-refractivity contribution in [2.45, 2.75) is 31.8 Å². The van der Waals surface area contributed by atoms with Crippen LogP contribution in [-0.4, -0.2) is 27.0 Å². The van der Waals surface area contributed by atoms with Crippen LogP contribution in [-0.2, 0) is 14.8 Å². The summed E-state index contributed by atoms with van der Waals surface area (Å²) in [5, 5.41) is 2.77. The molecule has 0 aromatic heterocycles. The van der Waals surface area contributed by atoms with Gasteiger partial charge in [-0.3, -0.25) is 9.52 Å². The lowest BCUT2D eigenvalue weighted by molar-refractivity contribution is -0.127. The molecule has 0 aliphatic carbocycles. The molecule has 146 valence electrons. The van der Waals surface area contributed by atoms with Crippen LogP contribution in [0.2, 0.25) is 0 Å². The Hall–Kier alpha value is -2.61. The summed E-state index contributed by atoms with van der Waals surface area (Å²) in [7, 11) is -3.81. The van der Waals surface area contributed by atoms with Gasteiger partial charge in [0.05, 0.1) is 4.90 Å². The highest BCUT2D eigenvalue weighted by Crippen LogP contribution is 2.20. The van der Waals surface area contributed by atoms with Crippen LogP contribution in [0.4, 0.5) is 10.1 Å². The average molecular weight is 394 g/mol. The van der Waals surface area contributed by atoms with Gasteiger partial charge in [-0.15, -0.1) is 0 Å². The predicted octanol–water partition coefficient (Wildman–Crippen LogP) is 3.17. The first-order valence-electron chi connectivity index (χ1n) is 8.50. The Morgan fingerprint density at radius 3 is 2.19 bits per heavy atom. The highest BCUT2D eigenvalue weighted by molar-refractivity contribution is 7.92. The van der Waals surface area contributed by atoms with E-state index in [4.69, 9.17) is 4.74 Å². The van der Waals surface area contributed by atoms with Gasteiger partial charge in [0.25, 0.3) is 15.9 Å². The minimum Gasteiger partial charge on any atom is -0.481 e. The SMILES string of the molecule is CC(C)CNC(=O)[C@@H](C)Oc1ccc(S(=O)(=O)Nc2ccc(F)cc2)cc1. The highest BCUT2D eigenvalue weighted by atomic mass is 32.2. The summed E-state index contributed by atoms with van der Waals surface area (Å²) >= 11 is 0. The molecular formula is C19H23FN2O4S. The van der Waals surface area contributed by atoms with Gasteiger partial charge in [0, 0.05) is 12.2 Å². The van der Waals surface area contributed by atoms with E-state index in [1.54, 1.807) is 6.92 Å². The third-order valence-electron chi connectivity index (χ3n) is 3.60. The Labute approximate surface area is 158 Å². The topological polar surface area (TPSA) is 84.5 Å². The molecule has 0 aliphatic rings. The maximum atomic E-state index is 12.9. The van der Waals surface area contributed by atoms with Crippen LogP contribution in [0.25, 0.3) is 0 Å². The fourth-order valence-electron chi connectivity index (χ4n) is 2.14. The Kier molecular flexibility index (Phi) is 6.79. The Balaban J connectivity index is 2.01. The number of rotatable bonds is 8. The summed E-state index contributed by atoms with van der Waals surface area (Å²) in [5.74, 6) is 0.0200. The number of nitrogens with one attached hydrogen (secondary N) is 2. The molecule has 2 N–H and O–H groups in total. The van der Waals surface area contributed by atoms with Crippen LogP contribution in [0.15, 0.2) is 53.4 Å². The normalized spacial score (nSPS) is 12.5. The van der Waals surface area contributed by atoms with Crippen molar-refractivity contribution < 1.29 is 22.3 Å². The van der Waals surface area contributed by atoms with Crippen LogP contribution in [0.3, 0.4) is 0 Å². The lowest BCUT2D eigenvalue weighted by Gasteiger charge is -2.16. The second-order valence-electron chi connectivity index (χ2n) is 6.48. The highest BCUT2D eigenvalue weighted by Gasteiger charge is 2.17. The number of carbonyl (C=O) groups is 1. The number of anilines is 1. The van der Waals surface area contributed by atoms with Crippen molar-refractivity contribution in [2.75, 3.05) is 11.3 Å². The van der Waals surface area contributed by atoms with E-state index in [2.05, 4.69) is 10.0 Å². The molecule has 0 bridgehead atoms. The minimum absolute atomic E-state index is 0.0242. The van der Waals surface area contributed by atoms with E-state index in [0.717, 1.165) is 0 Å². The van der Waals surface area contributed by atoms with Crippen molar-refractivity contribution in [2.24, 2.45) is 5.92 Å². The molecule has 2 aromatic rings. The Morgan fingerprint density at radius 1 is 1.04 bits per heavy atom. The van der Waals surface area contributed by atoms with Gasteiger partial charge in [0.1, 0.15) is 11.6 Å². The van der Waals surface area contributed by atoms with Gasteiger partial charge in [-0.05, 0) is 61.4 Å². The fourth-order valence-corrected chi connectivity index (χ4v) is 3.19. The summed E-state index contributed by atoms with van der Waals surface area (Å²) < 4.78 is 45.6. The molecule has 2 rings (SSSR count). The fraction of sp³-hybridized carbons (Fsp3) is 0.316. The Bertz CT molecular complexity index is 866. The van der Waals surface area contributed by atoms with E-state index in [1.807, 2.05) is 13.8 Å². The van der Waals surface area contributed by atoms with Crippen molar-refractivity contribution in [1.82, 2.24) is 5.32 Å². The van der Waals surface area contributed by atoms with Gasteiger partial charge in [0.15, 0.2) is 6.10 Å². The summed E-state index contributed by atoms with van der Waals surface area (Å²) in [6.07, 6.45) is -0.705. The third-order valence-corrected chi connectivity index (χ3v) is 4.99. The zero-order valence-electron chi connectivity index (χ0n) is 15.4. The van der Waals surface area contributed by atoms with E-state index in [1.165, 1.54) is 48.5 Å². The standard InChI is InChI=1S/C19H23FN2O4S/c1-13(2)12-21-19(23)14(3)26-17-8-10-18(11-9-17)27(24,25)22-16-6-4-15(20)5-7-16/h4-11,13-14,22H,12H2,1-3H3,(H,21,23)/t14-/m1/s1. The molecule has 2 aromatic carbocycles. The predicted molar refractivity (Wildman–Crippen MR) is 102 cm³/mol. The van der Waals surface area contributed by atoms with Crippen LogP contribution in [0.5, 0.6) is 5.75 Å². The monoisotopic (exact) mass is 394 g/mol. The van der Waals surface area contributed by atoms with Crippen LogP contribution in [0.1, 0.15) is 20.8 Å². The van der Waals surface area contributed by atoms with Crippen LogP contribution in [0, 0.1) is 11.7 Å². The average Bonchev–Trinajstić information content (AvgIpc) is 2.61. The van der Waals surface area contributed by atoms with Crippen LogP contribution < -0.4 is 14.8 Å². The van der Waals surface area contributed by atoms with Crippen molar-refractivity contribution >= 4 is 21.6 Å². The van der Waals surface area contributed by atoms with Crippen molar-refractivity contribution in [3.63, 3.8) is 0 Å². The molecule has 0 aliphatic heterocycles. The number of hydrogen-bond donors (Lipinski definition) is 2. The number of carbonyl (C=O) groups excluding carboxylic acids is 1. The second-order valence-corrected chi connectivity index (χ2v) is 8.17. The molecule has 1 amide bonds. The Morgan fingerprint density at radius 2 is 1.63 bits per heavy atom. The molecule has 1 atom stereocenters. The minimum atomic E-state index is -3.81. The number of benzene rings is 2. The molecule has 0 radical (unpaired) electrons. The molecule has 0 spiro atoms. The lowest BCUT2D eigenvalue weighted by atomic mass is 10.2. The number of halogens is 1. The summed E-state index contributed by atoms with van der Waals surface area (Å²) in [6.45, 7) is 6.16. The molecule has 8 heteroatoms. The maximum Gasteiger partial charge on any atom is 0.261 e. The number of hydrogen-bond acceptors (Lipinski definition) is 4. The van der Waals surface area contributed by atoms with E-state index in [9.17, 15) is 17.6 Å². The van der Waals surface area contributed by atoms with E-state index < -0.39 is 21.9 Å². The second kappa shape index (κ2) is 8.85. The van der Waals surface area contributed by atoms with Gasteiger partial charge < -0.3 is 10.1 Å². The van der Waals surface area contributed by atoms with Gasteiger partial charge in [-0.25, -0.2) is 12.8 Å². The van der Waals surface area contributed by atoms with Gasteiger partial charge >= 0.3 is 0 Å². The summed E-state index contributed by atoms with van der Waals surface area (Å²) in [4.78, 5) is 12.0. The smallest absolute Gasteiger partial charge is 0.261 e.